The molecular formula is C20H20ClNO7S. The van der Waals surface area contributed by atoms with E-state index >= 15 is 0 Å². The molecule has 0 fully saturated rings. The van der Waals surface area contributed by atoms with Gasteiger partial charge in [0, 0.05) is 16.8 Å². The zero-order valence-corrected chi connectivity index (χ0v) is 17.7. The summed E-state index contributed by atoms with van der Waals surface area (Å²) >= 11 is 5.99. The number of amides is 1. The topological polar surface area (TPSA) is 108 Å². The lowest BCUT2D eigenvalue weighted by atomic mass is 10.2. The van der Waals surface area contributed by atoms with E-state index in [1.165, 1.54) is 18.2 Å². The average Bonchev–Trinajstić information content (AvgIpc) is 2.73. The van der Waals surface area contributed by atoms with Gasteiger partial charge in [0.25, 0.3) is 5.91 Å². The predicted octanol–water partition coefficient (Wildman–Crippen LogP) is 2.77. The van der Waals surface area contributed by atoms with Crippen LogP contribution in [-0.2, 0) is 24.2 Å². The van der Waals surface area contributed by atoms with E-state index in [-0.39, 0.29) is 11.3 Å². The smallest absolute Gasteiger partial charge is 0.307 e. The van der Waals surface area contributed by atoms with Crippen LogP contribution in [0.2, 0.25) is 5.02 Å². The van der Waals surface area contributed by atoms with Gasteiger partial charge in [0.2, 0.25) is 0 Å². The number of esters is 1. The minimum absolute atomic E-state index is 0.0220. The Hall–Kier alpha value is -2.78. The minimum atomic E-state index is -3.74. The number of hydrogen-bond donors (Lipinski definition) is 1. The van der Waals surface area contributed by atoms with Gasteiger partial charge >= 0.3 is 5.97 Å². The monoisotopic (exact) mass is 453 g/mol. The Bertz CT molecular complexity index is 1070. The first-order valence-electron chi connectivity index (χ1n) is 9.09. The number of hydrogen-bond acceptors (Lipinski definition) is 7. The number of benzene rings is 2. The third kappa shape index (κ3) is 5.43. The van der Waals surface area contributed by atoms with Crippen molar-refractivity contribution in [1.29, 1.82) is 0 Å². The van der Waals surface area contributed by atoms with Gasteiger partial charge < -0.3 is 19.5 Å². The highest BCUT2D eigenvalue weighted by molar-refractivity contribution is 7.91. The number of sulfone groups is 1. The Balaban J connectivity index is 1.50. The first-order chi connectivity index (χ1) is 14.3. The van der Waals surface area contributed by atoms with E-state index < -0.39 is 34.1 Å². The number of carbonyl (C=O) groups is 2. The molecule has 2 aromatic carbocycles. The summed E-state index contributed by atoms with van der Waals surface area (Å²) in [6.07, 6.45) is -0.389. The fourth-order valence-electron chi connectivity index (χ4n) is 2.70. The van der Waals surface area contributed by atoms with Crippen LogP contribution in [0, 0.1) is 6.92 Å². The van der Waals surface area contributed by atoms with Crippen molar-refractivity contribution in [2.45, 2.75) is 18.2 Å². The molecule has 30 heavy (non-hydrogen) atoms. The SMILES string of the molecule is Cc1c(Cl)cccc1NC(=O)COC(=O)CCS(=O)(=O)c1ccc2c(c1)OCCO2. The maximum absolute atomic E-state index is 12.5. The third-order valence-corrected chi connectivity index (χ3v) is 6.48. The zero-order chi connectivity index (χ0) is 21.7. The van der Waals surface area contributed by atoms with E-state index in [1.807, 2.05) is 0 Å². The van der Waals surface area contributed by atoms with Crippen LogP contribution in [0.3, 0.4) is 0 Å². The van der Waals surface area contributed by atoms with Crippen molar-refractivity contribution in [2.24, 2.45) is 0 Å². The van der Waals surface area contributed by atoms with Crippen molar-refractivity contribution < 1.29 is 32.2 Å². The van der Waals surface area contributed by atoms with Crippen molar-refractivity contribution in [1.82, 2.24) is 0 Å². The summed E-state index contributed by atoms with van der Waals surface area (Å²) in [4.78, 5) is 23.9. The van der Waals surface area contributed by atoms with E-state index in [9.17, 15) is 18.0 Å². The maximum atomic E-state index is 12.5. The van der Waals surface area contributed by atoms with E-state index in [1.54, 1.807) is 25.1 Å². The molecule has 2 aromatic rings. The molecule has 3 rings (SSSR count). The number of halogens is 1. The quantitative estimate of drug-likeness (QED) is 0.642. The molecule has 1 N–H and O–H groups in total. The van der Waals surface area contributed by atoms with Crippen LogP contribution in [0.5, 0.6) is 11.5 Å². The highest BCUT2D eigenvalue weighted by Crippen LogP contribution is 2.32. The Kier molecular flexibility index (Phi) is 6.84. The van der Waals surface area contributed by atoms with Gasteiger partial charge in [-0.1, -0.05) is 17.7 Å². The molecule has 0 radical (unpaired) electrons. The molecule has 160 valence electrons. The molecule has 8 nitrogen and oxygen atoms in total. The molecule has 1 amide bonds. The molecule has 0 aromatic heterocycles. The van der Waals surface area contributed by atoms with Gasteiger partial charge in [-0.2, -0.15) is 0 Å². The second kappa shape index (κ2) is 9.36. The lowest BCUT2D eigenvalue weighted by Gasteiger charge is -2.18. The molecule has 0 aliphatic carbocycles. The molecule has 1 aliphatic heterocycles. The second-order valence-corrected chi connectivity index (χ2v) is 9.01. The first-order valence-corrected chi connectivity index (χ1v) is 11.1. The van der Waals surface area contributed by atoms with E-state index in [4.69, 9.17) is 25.8 Å². The van der Waals surface area contributed by atoms with Crippen LogP contribution in [0.1, 0.15) is 12.0 Å². The lowest BCUT2D eigenvalue weighted by Crippen LogP contribution is -2.22. The van der Waals surface area contributed by atoms with Crippen molar-refractivity contribution in [3.8, 4) is 11.5 Å². The highest BCUT2D eigenvalue weighted by atomic mass is 35.5. The van der Waals surface area contributed by atoms with Crippen LogP contribution in [0.25, 0.3) is 0 Å². The molecule has 1 aliphatic rings. The van der Waals surface area contributed by atoms with Gasteiger partial charge in [-0.25, -0.2) is 8.42 Å². The van der Waals surface area contributed by atoms with Gasteiger partial charge in [0.05, 0.1) is 17.1 Å². The number of ether oxygens (including phenoxy) is 3. The number of carbonyl (C=O) groups excluding carboxylic acids is 2. The van der Waals surface area contributed by atoms with Gasteiger partial charge in [-0.15, -0.1) is 0 Å². The highest BCUT2D eigenvalue weighted by Gasteiger charge is 2.21. The molecule has 0 atom stereocenters. The predicted molar refractivity (Wildman–Crippen MR) is 110 cm³/mol. The Morgan fingerprint density at radius 2 is 1.87 bits per heavy atom. The minimum Gasteiger partial charge on any atom is -0.486 e. The molecule has 0 saturated carbocycles. The van der Waals surface area contributed by atoms with Crippen molar-refractivity contribution >= 4 is 39.0 Å². The largest absolute Gasteiger partial charge is 0.486 e. The van der Waals surface area contributed by atoms with Gasteiger partial charge in [-0.05, 0) is 36.8 Å². The van der Waals surface area contributed by atoms with E-state index in [0.29, 0.717) is 41.0 Å². The molecule has 1 heterocycles. The Labute approximate surface area is 179 Å². The first kappa shape index (κ1) is 21.9. The average molecular weight is 454 g/mol. The van der Waals surface area contributed by atoms with Crippen LogP contribution in [0.4, 0.5) is 5.69 Å². The summed E-state index contributed by atoms with van der Waals surface area (Å²) < 4.78 is 40.6. The molecule has 10 heteroatoms. The van der Waals surface area contributed by atoms with Gasteiger partial charge in [-0.3, -0.25) is 9.59 Å². The van der Waals surface area contributed by atoms with Crippen molar-refractivity contribution in [2.75, 3.05) is 30.9 Å². The fraction of sp³-hybridized carbons (Fsp3) is 0.300. The maximum Gasteiger partial charge on any atom is 0.307 e. The summed E-state index contributed by atoms with van der Waals surface area (Å²) in [6, 6.07) is 9.32. The number of fused-ring (bicyclic) bond motifs is 1. The summed E-state index contributed by atoms with van der Waals surface area (Å²) in [5.41, 5.74) is 1.19. The van der Waals surface area contributed by atoms with Gasteiger partial charge in [0.1, 0.15) is 13.2 Å². The van der Waals surface area contributed by atoms with Crippen LogP contribution >= 0.6 is 11.6 Å². The number of nitrogens with one attached hydrogen (secondary N) is 1. The van der Waals surface area contributed by atoms with Crippen LogP contribution < -0.4 is 14.8 Å². The third-order valence-electron chi connectivity index (χ3n) is 4.35. The zero-order valence-electron chi connectivity index (χ0n) is 16.1. The summed E-state index contributed by atoms with van der Waals surface area (Å²) in [6.45, 7) is 1.94. The molecular weight excluding hydrogens is 434 g/mol. The van der Waals surface area contributed by atoms with Crippen molar-refractivity contribution in [3.63, 3.8) is 0 Å². The standard InChI is InChI=1S/C20H20ClNO7S/c1-13-15(21)3-2-4-16(13)22-19(23)12-29-20(24)7-10-30(25,26)14-5-6-17-18(11-14)28-9-8-27-17/h2-6,11H,7-10,12H2,1H3,(H,22,23). The summed E-state index contributed by atoms with van der Waals surface area (Å²) in [5, 5.41) is 3.08. The molecule has 0 spiro atoms. The van der Waals surface area contributed by atoms with Crippen molar-refractivity contribution in [3.05, 3.63) is 47.0 Å². The Morgan fingerprint density at radius 3 is 2.63 bits per heavy atom. The summed E-state index contributed by atoms with van der Waals surface area (Å²) in [7, 11) is -3.74. The Morgan fingerprint density at radius 1 is 1.13 bits per heavy atom. The number of anilines is 1. The van der Waals surface area contributed by atoms with E-state index in [0.717, 1.165) is 0 Å². The number of rotatable bonds is 7. The molecule has 0 saturated heterocycles. The van der Waals surface area contributed by atoms with Crippen LogP contribution in [0.15, 0.2) is 41.3 Å². The van der Waals surface area contributed by atoms with Crippen LogP contribution in [-0.4, -0.2) is 45.9 Å². The normalized spacial score (nSPS) is 12.9. The molecule has 0 unspecified atom stereocenters. The second-order valence-electron chi connectivity index (χ2n) is 6.50. The summed E-state index contributed by atoms with van der Waals surface area (Å²) in [5.74, 6) is -0.989. The van der Waals surface area contributed by atoms with E-state index in [2.05, 4.69) is 5.32 Å². The lowest BCUT2D eigenvalue weighted by molar-refractivity contribution is -0.146. The molecule has 0 bridgehead atoms. The fourth-order valence-corrected chi connectivity index (χ4v) is 4.11. The van der Waals surface area contributed by atoms with Gasteiger partial charge in [0.15, 0.2) is 27.9 Å².